The van der Waals surface area contributed by atoms with Crippen LogP contribution < -0.4 is 0 Å². The zero-order valence-corrected chi connectivity index (χ0v) is 11.0. The molecular weight excluding hydrogens is 263 g/mol. The minimum absolute atomic E-state index is 0.163. The van der Waals surface area contributed by atoms with Gasteiger partial charge in [0.25, 0.3) is 0 Å². The number of benzene rings is 2. The van der Waals surface area contributed by atoms with Gasteiger partial charge >= 0.3 is 6.18 Å². The standard InChI is InChI=1S/C16H12F3N/c1-9-3-5-11-12-7-10(2)4-6-14(12)20-15(13(11)8-9)16(17,18)19/h3-8H,1-2H3. The fourth-order valence-corrected chi connectivity index (χ4v) is 2.45. The number of rotatable bonds is 0. The van der Waals surface area contributed by atoms with Crippen LogP contribution in [0.4, 0.5) is 13.2 Å². The summed E-state index contributed by atoms with van der Waals surface area (Å²) in [4.78, 5) is 3.83. The van der Waals surface area contributed by atoms with Gasteiger partial charge in [0, 0.05) is 10.8 Å². The van der Waals surface area contributed by atoms with Crippen molar-refractivity contribution in [3.05, 3.63) is 53.2 Å². The van der Waals surface area contributed by atoms with E-state index in [0.29, 0.717) is 10.9 Å². The number of aromatic nitrogens is 1. The lowest BCUT2D eigenvalue weighted by atomic mass is 10.0. The molecule has 0 spiro atoms. The molecule has 0 aliphatic rings. The first-order valence-electron chi connectivity index (χ1n) is 6.24. The maximum atomic E-state index is 13.2. The maximum Gasteiger partial charge on any atom is 0.433 e. The molecule has 3 aromatic rings. The van der Waals surface area contributed by atoms with Crippen molar-refractivity contribution in [2.24, 2.45) is 0 Å². The number of pyridine rings is 1. The smallest absolute Gasteiger partial charge is 0.243 e. The summed E-state index contributed by atoms with van der Waals surface area (Å²) >= 11 is 0. The Kier molecular flexibility index (Phi) is 2.71. The highest BCUT2D eigenvalue weighted by Gasteiger charge is 2.35. The Bertz CT molecular complexity index is 819. The van der Waals surface area contributed by atoms with Crippen molar-refractivity contribution in [2.45, 2.75) is 20.0 Å². The van der Waals surface area contributed by atoms with Crippen LogP contribution in [0.5, 0.6) is 0 Å². The lowest BCUT2D eigenvalue weighted by Crippen LogP contribution is -2.09. The van der Waals surface area contributed by atoms with Crippen LogP contribution in [0.3, 0.4) is 0 Å². The van der Waals surface area contributed by atoms with E-state index in [4.69, 9.17) is 0 Å². The van der Waals surface area contributed by atoms with Crippen molar-refractivity contribution < 1.29 is 13.2 Å². The first kappa shape index (κ1) is 12.9. The highest BCUT2D eigenvalue weighted by Crippen LogP contribution is 2.37. The average molecular weight is 275 g/mol. The van der Waals surface area contributed by atoms with Gasteiger partial charge in [0.05, 0.1) is 5.52 Å². The molecule has 0 N–H and O–H groups in total. The predicted octanol–water partition coefficient (Wildman–Crippen LogP) is 5.02. The highest BCUT2D eigenvalue weighted by molar-refractivity contribution is 6.07. The van der Waals surface area contributed by atoms with Gasteiger partial charge in [-0.1, -0.05) is 29.3 Å². The Morgan fingerprint density at radius 1 is 0.800 bits per heavy atom. The highest BCUT2D eigenvalue weighted by atomic mass is 19.4. The quantitative estimate of drug-likeness (QED) is 0.525. The summed E-state index contributed by atoms with van der Waals surface area (Å²) in [6, 6.07) is 10.4. The van der Waals surface area contributed by atoms with Gasteiger partial charge in [-0.2, -0.15) is 13.2 Å². The van der Waals surface area contributed by atoms with Crippen molar-refractivity contribution in [3.8, 4) is 0 Å². The first-order chi connectivity index (χ1) is 9.36. The van der Waals surface area contributed by atoms with E-state index in [-0.39, 0.29) is 5.39 Å². The van der Waals surface area contributed by atoms with Crippen LogP contribution in [0.25, 0.3) is 21.7 Å². The van der Waals surface area contributed by atoms with Crippen LogP contribution in [0.2, 0.25) is 0 Å². The molecule has 20 heavy (non-hydrogen) atoms. The number of hydrogen-bond donors (Lipinski definition) is 0. The lowest BCUT2D eigenvalue weighted by molar-refractivity contribution is -0.139. The molecule has 0 saturated heterocycles. The lowest BCUT2D eigenvalue weighted by Gasteiger charge is -2.13. The maximum absolute atomic E-state index is 13.2. The second-order valence-corrected chi connectivity index (χ2v) is 5.03. The van der Waals surface area contributed by atoms with Crippen LogP contribution in [-0.4, -0.2) is 4.98 Å². The first-order valence-corrected chi connectivity index (χ1v) is 6.24. The van der Waals surface area contributed by atoms with Gasteiger partial charge in [-0.25, -0.2) is 4.98 Å². The van der Waals surface area contributed by atoms with Crippen LogP contribution in [-0.2, 0) is 6.18 Å². The van der Waals surface area contributed by atoms with Gasteiger partial charge in [-0.3, -0.25) is 0 Å². The summed E-state index contributed by atoms with van der Waals surface area (Å²) in [5, 5.41) is 1.51. The van der Waals surface area contributed by atoms with Gasteiger partial charge < -0.3 is 0 Å². The largest absolute Gasteiger partial charge is 0.433 e. The van der Waals surface area contributed by atoms with Crippen molar-refractivity contribution in [3.63, 3.8) is 0 Å². The Hall–Kier alpha value is -2.10. The van der Waals surface area contributed by atoms with Crippen molar-refractivity contribution in [2.75, 3.05) is 0 Å². The molecule has 0 amide bonds. The molecule has 1 heterocycles. The summed E-state index contributed by atoms with van der Waals surface area (Å²) in [6.07, 6.45) is -4.45. The third-order valence-electron chi connectivity index (χ3n) is 3.37. The third kappa shape index (κ3) is 2.01. The molecule has 1 nitrogen and oxygen atoms in total. The van der Waals surface area contributed by atoms with E-state index < -0.39 is 11.9 Å². The Labute approximate surface area is 114 Å². The molecule has 0 aliphatic heterocycles. The third-order valence-corrected chi connectivity index (χ3v) is 3.37. The number of alkyl halides is 3. The molecular formula is C16H12F3N. The normalized spacial score (nSPS) is 12.2. The van der Waals surface area contributed by atoms with Gasteiger partial charge in [0.2, 0.25) is 0 Å². The fourth-order valence-electron chi connectivity index (χ4n) is 2.45. The van der Waals surface area contributed by atoms with Gasteiger partial charge in [-0.15, -0.1) is 0 Å². The Morgan fingerprint density at radius 3 is 2.05 bits per heavy atom. The minimum atomic E-state index is -4.45. The summed E-state index contributed by atoms with van der Waals surface area (Å²) in [5.41, 5.74) is 1.35. The number of halogens is 3. The molecule has 0 radical (unpaired) electrons. The predicted molar refractivity (Wildman–Crippen MR) is 73.7 cm³/mol. The molecule has 1 aromatic heterocycles. The zero-order valence-electron chi connectivity index (χ0n) is 11.0. The molecule has 102 valence electrons. The summed E-state index contributed by atoms with van der Waals surface area (Å²) in [7, 11) is 0. The molecule has 0 bridgehead atoms. The number of nitrogens with zero attached hydrogens (tertiary/aromatic N) is 1. The van der Waals surface area contributed by atoms with E-state index in [0.717, 1.165) is 16.5 Å². The fraction of sp³-hybridized carbons (Fsp3) is 0.188. The number of fused-ring (bicyclic) bond motifs is 3. The van der Waals surface area contributed by atoms with E-state index in [2.05, 4.69) is 4.98 Å². The second kappa shape index (κ2) is 4.20. The van der Waals surface area contributed by atoms with E-state index in [1.807, 2.05) is 19.1 Å². The molecule has 3 rings (SSSR count). The Morgan fingerprint density at radius 2 is 1.40 bits per heavy atom. The van der Waals surface area contributed by atoms with Gasteiger partial charge in [0.15, 0.2) is 5.69 Å². The van der Waals surface area contributed by atoms with Gasteiger partial charge in [0.1, 0.15) is 0 Å². The molecule has 0 aliphatic carbocycles. The van der Waals surface area contributed by atoms with Crippen LogP contribution in [0.15, 0.2) is 36.4 Å². The van der Waals surface area contributed by atoms with Crippen LogP contribution in [0, 0.1) is 13.8 Å². The molecule has 0 fully saturated rings. The molecule has 0 atom stereocenters. The second-order valence-electron chi connectivity index (χ2n) is 5.03. The minimum Gasteiger partial charge on any atom is -0.243 e. The molecule has 0 unspecified atom stereocenters. The summed E-state index contributed by atoms with van der Waals surface area (Å²) in [6.45, 7) is 3.69. The van der Waals surface area contributed by atoms with E-state index in [1.165, 1.54) is 0 Å². The van der Waals surface area contributed by atoms with Crippen molar-refractivity contribution in [1.82, 2.24) is 4.98 Å². The topological polar surface area (TPSA) is 12.9 Å². The van der Waals surface area contributed by atoms with Crippen molar-refractivity contribution in [1.29, 1.82) is 0 Å². The summed E-state index contributed by atoms with van der Waals surface area (Å²) < 4.78 is 39.6. The Balaban J connectivity index is 2.55. The van der Waals surface area contributed by atoms with Crippen LogP contribution >= 0.6 is 0 Å². The van der Waals surface area contributed by atoms with Crippen LogP contribution in [0.1, 0.15) is 16.8 Å². The van der Waals surface area contributed by atoms with E-state index >= 15 is 0 Å². The van der Waals surface area contributed by atoms with E-state index in [9.17, 15) is 13.2 Å². The summed E-state index contributed by atoms with van der Waals surface area (Å²) in [5.74, 6) is 0. The zero-order chi connectivity index (χ0) is 14.5. The van der Waals surface area contributed by atoms with Gasteiger partial charge in [-0.05, 0) is 37.4 Å². The molecule has 2 aromatic carbocycles. The number of hydrogen-bond acceptors (Lipinski definition) is 1. The monoisotopic (exact) mass is 275 g/mol. The SMILES string of the molecule is Cc1ccc2c(c1)c(C(F)(F)F)nc1ccc(C)cc12. The van der Waals surface area contributed by atoms with Crippen molar-refractivity contribution >= 4 is 21.7 Å². The molecule has 4 heteroatoms. The molecule has 0 saturated carbocycles. The van der Waals surface area contributed by atoms with E-state index in [1.54, 1.807) is 31.2 Å². The number of aryl methyl sites for hydroxylation is 2. The average Bonchev–Trinajstić information content (AvgIpc) is 2.36.